The van der Waals surface area contributed by atoms with Gasteiger partial charge in [-0.05, 0) is 41.3 Å². The fourth-order valence-corrected chi connectivity index (χ4v) is 5.81. The molecule has 1 atom stereocenters. The van der Waals surface area contributed by atoms with Gasteiger partial charge in [-0.15, -0.1) is 0 Å². The van der Waals surface area contributed by atoms with Crippen molar-refractivity contribution in [1.29, 1.82) is 5.26 Å². The van der Waals surface area contributed by atoms with Crippen LogP contribution in [0, 0.1) is 11.3 Å². The van der Waals surface area contributed by atoms with Crippen molar-refractivity contribution >= 4 is 16.8 Å². The number of carbonyl (C=O) groups is 1. The van der Waals surface area contributed by atoms with E-state index >= 15 is 0 Å². The van der Waals surface area contributed by atoms with E-state index < -0.39 is 5.54 Å². The van der Waals surface area contributed by atoms with Gasteiger partial charge in [0.15, 0.2) is 5.54 Å². The summed E-state index contributed by atoms with van der Waals surface area (Å²) in [5, 5.41) is 12.2. The Balaban J connectivity index is 1.61. The van der Waals surface area contributed by atoms with E-state index in [1.54, 1.807) is 0 Å². The quantitative estimate of drug-likeness (QED) is 0.294. The van der Waals surface area contributed by atoms with Crippen LogP contribution in [0.3, 0.4) is 0 Å². The van der Waals surface area contributed by atoms with E-state index in [9.17, 15) is 10.1 Å². The molecule has 2 heterocycles. The first-order valence-corrected chi connectivity index (χ1v) is 12.7. The van der Waals surface area contributed by atoms with Crippen molar-refractivity contribution in [2.24, 2.45) is 0 Å². The monoisotopic (exact) mass is 481 g/mol. The number of para-hydroxylation sites is 1. The van der Waals surface area contributed by atoms with E-state index in [1.807, 2.05) is 89.8 Å². The van der Waals surface area contributed by atoms with Crippen LogP contribution in [0.2, 0.25) is 0 Å². The molecule has 1 amide bonds. The summed E-state index contributed by atoms with van der Waals surface area (Å²) in [6.07, 6.45) is 1.12. The molecule has 0 saturated heterocycles. The number of rotatable bonds is 5. The Kier molecular flexibility index (Phi) is 5.82. The molecule has 37 heavy (non-hydrogen) atoms. The molecule has 4 heteroatoms. The maximum Gasteiger partial charge on any atom is 0.255 e. The third-order valence-corrected chi connectivity index (χ3v) is 7.45. The Bertz CT molecular complexity index is 1600. The molecular weight excluding hydrogens is 454 g/mol. The minimum atomic E-state index is -1.16. The van der Waals surface area contributed by atoms with Crippen LogP contribution in [0.15, 0.2) is 115 Å². The van der Waals surface area contributed by atoms with Gasteiger partial charge in [0.2, 0.25) is 0 Å². The lowest BCUT2D eigenvalue weighted by molar-refractivity contribution is 0.0536. The molecule has 0 radical (unpaired) electrons. The number of hydrogen-bond acceptors (Lipinski definition) is 2. The molecule has 0 saturated carbocycles. The number of carbonyl (C=O) groups excluding carboxylic acids is 1. The first-order chi connectivity index (χ1) is 18.2. The third kappa shape index (κ3) is 3.90. The van der Waals surface area contributed by atoms with Gasteiger partial charge < -0.3 is 9.47 Å². The van der Waals surface area contributed by atoms with Crippen molar-refractivity contribution in [2.45, 2.75) is 24.9 Å². The zero-order valence-electron chi connectivity index (χ0n) is 20.5. The van der Waals surface area contributed by atoms with Crippen LogP contribution in [0.4, 0.5) is 0 Å². The molecule has 5 aromatic rings. The SMILES string of the molecule is N#CC1(Cc2ccccc2)c2c(c3ccccc3n2Cc2ccccc2)CCN1C(=O)c1ccccc1. The maximum atomic E-state index is 14.0. The second kappa shape index (κ2) is 9.44. The molecule has 0 N–H and O–H groups in total. The molecule has 4 aromatic carbocycles. The van der Waals surface area contributed by atoms with Gasteiger partial charge in [0, 0.05) is 36.0 Å². The lowest BCUT2D eigenvalue weighted by atomic mass is 9.80. The average Bonchev–Trinajstić information content (AvgIpc) is 3.28. The maximum absolute atomic E-state index is 14.0. The molecular formula is C33H27N3O. The second-order valence-corrected chi connectivity index (χ2v) is 9.62. The first kappa shape index (κ1) is 22.8. The lowest BCUT2D eigenvalue weighted by Gasteiger charge is -2.43. The van der Waals surface area contributed by atoms with Gasteiger partial charge in [-0.3, -0.25) is 4.79 Å². The number of nitriles is 1. The molecule has 1 aliphatic rings. The van der Waals surface area contributed by atoms with Crippen molar-refractivity contribution in [3.63, 3.8) is 0 Å². The number of benzene rings is 4. The van der Waals surface area contributed by atoms with Gasteiger partial charge in [0.05, 0.1) is 11.8 Å². The summed E-state index contributed by atoms with van der Waals surface area (Å²) in [5.74, 6) is -0.111. The highest BCUT2D eigenvalue weighted by atomic mass is 16.2. The third-order valence-electron chi connectivity index (χ3n) is 7.45. The van der Waals surface area contributed by atoms with Crippen molar-refractivity contribution in [1.82, 2.24) is 9.47 Å². The molecule has 1 aliphatic heterocycles. The summed E-state index contributed by atoms with van der Waals surface area (Å²) in [4.78, 5) is 15.8. The Labute approximate surface area is 217 Å². The summed E-state index contributed by atoms with van der Waals surface area (Å²) in [7, 11) is 0. The predicted molar refractivity (Wildman–Crippen MR) is 146 cm³/mol. The molecule has 0 spiro atoms. The first-order valence-electron chi connectivity index (χ1n) is 12.7. The predicted octanol–water partition coefficient (Wildman–Crippen LogP) is 6.35. The Hall–Kier alpha value is -4.62. The molecule has 0 bridgehead atoms. The summed E-state index contributed by atoms with van der Waals surface area (Å²) in [6.45, 7) is 1.11. The fourth-order valence-electron chi connectivity index (χ4n) is 5.81. The number of fused-ring (bicyclic) bond motifs is 3. The van der Waals surface area contributed by atoms with Gasteiger partial charge in [-0.2, -0.15) is 5.26 Å². The van der Waals surface area contributed by atoms with E-state index in [1.165, 1.54) is 5.56 Å². The van der Waals surface area contributed by atoms with Crippen LogP contribution in [0.5, 0.6) is 0 Å². The summed E-state index contributed by atoms with van der Waals surface area (Å²) in [5.41, 5.74) is 4.82. The lowest BCUT2D eigenvalue weighted by Crippen LogP contribution is -2.55. The molecule has 180 valence electrons. The molecule has 1 unspecified atom stereocenters. The van der Waals surface area contributed by atoms with Gasteiger partial charge in [-0.1, -0.05) is 97.1 Å². The highest BCUT2D eigenvalue weighted by Gasteiger charge is 2.49. The smallest absolute Gasteiger partial charge is 0.255 e. The Morgan fingerprint density at radius 1 is 0.784 bits per heavy atom. The number of nitrogens with zero attached hydrogens (tertiary/aromatic N) is 3. The van der Waals surface area contributed by atoms with Crippen LogP contribution < -0.4 is 0 Å². The van der Waals surface area contributed by atoms with Crippen LogP contribution in [-0.2, 0) is 24.9 Å². The van der Waals surface area contributed by atoms with E-state index in [0.29, 0.717) is 31.5 Å². The fraction of sp³-hybridized carbons (Fsp3) is 0.152. The van der Waals surface area contributed by atoms with Crippen molar-refractivity contribution < 1.29 is 4.79 Å². The number of amides is 1. The van der Waals surface area contributed by atoms with E-state index in [2.05, 4.69) is 41.0 Å². The van der Waals surface area contributed by atoms with Crippen molar-refractivity contribution in [3.8, 4) is 6.07 Å². The minimum absolute atomic E-state index is 0.111. The summed E-state index contributed by atoms with van der Waals surface area (Å²) < 4.78 is 2.27. The highest BCUT2D eigenvalue weighted by molar-refractivity contribution is 5.96. The second-order valence-electron chi connectivity index (χ2n) is 9.62. The van der Waals surface area contributed by atoms with E-state index in [-0.39, 0.29) is 5.91 Å². The molecule has 1 aromatic heterocycles. The van der Waals surface area contributed by atoms with Crippen LogP contribution in [0.1, 0.15) is 32.7 Å². The molecule has 0 aliphatic carbocycles. The largest absolute Gasteiger partial charge is 0.337 e. The van der Waals surface area contributed by atoms with Gasteiger partial charge in [-0.25, -0.2) is 0 Å². The van der Waals surface area contributed by atoms with Crippen molar-refractivity contribution in [3.05, 3.63) is 143 Å². The van der Waals surface area contributed by atoms with Gasteiger partial charge in [0.1, 0.15) is 0 Å². The van der Waals surface area contributed by atoms with Crippen molar-refractivity contribution in [2.75, 3.05) is 6.54 Å². The average molecular weight is 482 g/mol. The number of hydrogen-bond donors (Lipinski definition) is 0. The number of aromatic nitrogens is 1. The molecule has 6 rings (SSSR count). The standard InChI is InChI=1S/C33H27N3O/c34-24-33(22-25-12-4-1-5-13-25)31-29(20-21-36(33)32(37)27-16-8-3-9-17-27)28-18-10-11-19-30(28)35(31)23-26-14-6-2-7-15-26/h1-19H,20-23H2. The normalized spacial score (nSPS) is 16.8. The van der Waals surface area contributed by atoms with Gasteiger partial charge in [0.25, 0.3) is 5.91 Å². The Morgan fingerprint density at radius 3 is 2.05 bits per heavy atom. The summed E-state index contributed by atoms with van der Waals surface area (Å²) in [6, 6.07) is 40.8. The van der Waals surface area contributed by atoms with Gasteiger partial charge >= 0.3 is 0 Å². The highest BCUT2D eigenvalue weighted by Crippen LogP contribution is 2.44. The molecule has 0 fully saturated rings. The van der Waals surface area contributed by atoms with Crippen LogP contribution in [0.25, 0.3) is 10.9 Å². The Morgan fingerprint density at radius 2 is 1.38 bits per heavy atom. The summed E-state index contributed by atoms with van der Waals surface area (Å²) >= 11 is 0. The van der Waals surface area contributed by atoms with Crippen LogP contribution >= 0.6 is 0 Å². The van der Waals surface area contributed by atoms with Crippen LogP contribution in [-0.4, -0.2) is 21.9 Å². The molecule has 4 nitrogen and oxygen atoms in total. The zero-order valence-corrected chi connectivity index (χ0v) is 20.5. The zero-order chi connectivity index (χ0) is 25.2. The minimum Gasteiger partial charge on any atom is -0.337 e. The topological polar surface area (TPSA) is 49.0 Å². The van der Waals surface area contributed by atoms with E-state index in [0.717, 1.165) is 27.7 Å². The van der Waals surface area contributed by atoms with E-state index in [4.69, 9.17) is 0 Å².